The van der Waals surface area contributed by atoms with Gasteiger partial charge in [0.05, 0.1) is 21.2 Å². The second kappa shape index (κ2) is 8.67. The zero-order chi connectivity index (χ0) is 22.2. The molecule has 0 saturated carbocycles. The average molecular weight is 494 g/mol. The van der Waals surface area contributed by atoms with Crippen molar-refractivity contribution in [3.05, 3.63) is 92.6 Å². The Morgan fingerprint density at radius 3 is 2.35 bits per heavy atom. The van der Waals surface area contributed by atoms with E-state index in [-0.39, 0.29) is 32.4 Å². The Labute approximate surface area is 193 Å². The lowest BCUT2D eigenvalue weighted by atomic mass is 10.2. The molecule has 1 aliphatic heterocycles. The summed E-state index contributed by atoms with van der Waals surface area (Å²) in [5, 5.41) is 3.27. The molecular formula is C22H14Cl2FNO3S2. The Balaban J connectivity index is 1.62. The second-order valence-electron chi connectivity index (χ2n) is 6.73. The number of anilines is 1. The van der Waals surface area contributed by atoms with Gasteiger partial charge < -0.3 is 5.32 Å². The van der Waals surface area contributed by atoms with Crippen LogP contribution in [0, 0.1) is 5.82 Å². The molecule has 9 heteroatoms. The highest BCUT2D eigenvalue weighted by atomic mass is 35.5. The molecule has 3 aromatic carbocycles. The molecule has 4 rings (SSSR count). The quantitative estimate of drug-likeness (QED) is 0.440. The Morgan fingerprint density at radius 1 is 1.00 bits per heavy atom. The lowest BCUT2D eigenvalue weighted by molar-refractivity contribution is -0.112. The van der Waals surface area contributed by atoms with Gasteiger partial charge in [-0.3, -0.25) is 4.79 Å². The summed E-state index contributed by atoms with van der Waals surface area (Å²) >= 11 is 13.4. The number of thioether (sulfide) groups is 1. The summed E-state index contributed by atoms with van der Waals surface area (Å²) in [7, 11) is -3.76. The van der Waals surface area contributed by atoms with E-state index in [4.69, 9.17) is 23.2 Å². The van der Waals surface area contributed by atoms with Crippen LogP contribution in [0.4, 0.5) is 10.1 Å². The van der Waals surface area contributed by atoms with Crippen LogP contribution in [-0.4, -0.2) is 14.3 Å². The molecule has 31 heavy (non-hydrogen) atoms. The highest BCUT2D eigenvalue weighted by molar-refractivity contribution is 8.04. The minimum atomic E-state index is -3.76. The molecule has 1 heterocycles. The van der Waals surface area contributed by atoms with Crippen molar-refractivity contribution in [1.29, 1.82) is 0 Å². The van der Waals surface area contributed by atoms with Crippen molar-refractivity contribution in [1.82, 2.24) is 0 Å². The molecule has 1 N–H and O–H groups in total. The number of sulfone groups is 1. The Hall–Kier alpha value is -2.32. The third-order valence-electron chi connectivity index (χ3n) is 4.57. The van der Waals surface area contributed by atoms with Crippen LogP contribution in [0.25, 0.3) is 6.08 Å². The number of halogens is 3. The maximum absolute atomic E-state index is 13.1. The van der Waals surface area contributed by atoms with E-state index >= 15 is 0 Å². The summed E-state index contributed by atoms with van der Waals surface area (Å²) in [5.74, 6) is -1.09. The molecule has 0 saturated heterocycles. The van der Waals surface area contributed by atoms with Gasteiger partial charge in [-0.05, 0) is 54.1 Å². The van der Waals surface area contributed by atoms with Gasteiger partial charge >= 0.3 is 0 Å². The first-order chi connectivity index (χ1) is 14.7. The largest absolute Gasteiger partial charge is 0.320 e. The highest BCUT2D eigenvalue weighted by Crippen LogP contribution is 2.40. The second-order valence-corrected chi connectivity index (χ2v) is 10.6. The number of carbonyl (C=O) groups excluding carboxylic acids is 1. The summed E-state index contributed by atoms with van der Waals surface area (Å²) < 4.78 is 38.9. The molecule has 0 atom stereocenters. The van der Waals surface area contributed by atoms with Gasteiger partial charge in [0.25, 0.3) is 5.91 Å². The lowest BCUT2D eigenvalue weighted by Crippen LogP contribution is -2.18. The monoisotopic (exact) mass is 493 g/mol. The standard InChI is InChI=1S/C22H14Cl2FNO3S2/c23-17-2-1-3-18(24)16(17)12-31(28,29)15-8-9-20-19(11-15)26-22(27)21(30-20)10-13-4-6-14(25)7-5-13/h1-11H,12H2,(H,26,27)/b21-10+. The molecule has 158 valence electrons. The van der Waals surface area contributed by atoms with Crippen LogP contribution >= 0.6 is 35.0 Å². The minimum absolute atomic E-state index is 0.0501. The number of hydrogen-bond donors (Lipinski definition) is 1. The van der Waals surface area contributed by atoms with Gasteiger partial charge in [0.15, 0.2) is 9.84 Å². The third kappa shape index (κ3) is 4.80. The number of nitrogens with one attached hydrogen (secondary N) is 1. The predicted octanol–water partition coefficient (Wildman–Crippen LogP) is 6.19. The zero-order valence-electron chi connectivity index (χ0n) is 15.7. The van der Waals surface area contributed by atoms with Crippen molar-refractivity contribution in [3.8, 4) is 0 Å². The van der Waals surface area contributed by atoms with Crippen LogP contribution in [0.1, 0.15) is 11.1 Å². The molecule has 0 aromatic heterocycles. The van der Waals surface area contributed by atoms with Crippen molar-refractivity contribution >= 4 is 62.5 Å². The van der Waals surface area contributed by atoms with E-state index in [1.54, 1.807) is 42.5 Å². The van der Waals surface area contributed by atoms with Crippen molar-refractivity contribution in [3.63, 3.8) is 0 Å². The van der Waals surface area contributed by atoms with E-state index in [1.165, 1.54) is 36.0 Å². The summed E-state index contributed by atoms with van der Waals surface area (Å²) in [6, 6.07) is 15.1. The summed E-state index contributed by atoms with van der Waals surface area (Å²) in [6.45, 7) is 0. The van der Waals surface area contributed by atoms with Gasteiger partial charge in [-0.15, -0.1) is 0 Å². The van der Waals surface area contributed by atoms with E-state index in [2.05, 4.69) is 5.32 Å². The molecular weight excluding hydrogens is 480 g/mol. The Bertz CT molecular complexity index is 1300. The molecule has 3 aromatic rings. The predicted molar refractivity (Wildman–Crippen MR) is 123 cm³/mol. The average Bonchev–Trinajstić information content (AvgIpc) is 2.72. The topological polar surface area (TPSA) is 63.2 Å². The fourth-order valence-electron chi connectivity index (χ4n) is 2.99. The molecule has 0 radical (unpaired) electrons. The zero-order valence-corrected chi connectivity index (χ0v) is 18.9. The van der Waals surface area contributed by atoms with Crippen LogP contribution in [0.5, 0.6) is 0 Å². The molecule has 0 fully saturated rings. The summed E-state index contributed by atoms with van der Waals surface area (Å²) in [6.07, 6.45) is 1.65. The van der Waals surface area contributed by atoms with Crippen molar-refractivity contribution in [2.45, 2.75) is 15.5 Å². The van der Waals surface area contributed by atoms with Gasteiger partial charge in [-0.1, -0.05) is 53.2 Å². The minimum Gasteiger partial charge on any atom is -0.320 e. The number of hydrogen-bond acceptors (Lipinski definition) is 4. The van der Waals surface area contributed by atoms with Gasteiger partial charge in [-0.25, -0.2) is 12.8 Å². The number of fused-ring (bicyclic) bond motifs is 1. The van der Waals surface area contributed by atoms with E-state index in [0.717, 1.165) is 0 Å². The molecule has 0 aliphatic carbocycles. The van der Waals surface area contributed by atoms with Crippen molar-refractivity contribution in [2.24, 2.45) is 0 Å². The normalized spacial score (nSPS) is 14.9. The Kier molecular flexibility index (Phi) is 6.12. The molecule has 0 unspecified atom stereocenters. The first-order valence-electron chi connectivity index (χ1n) is 8.99. The molecule has 0 spiro atoms. The van der Waals surface area contributed by atoms with E-state index < -0.39 is 9.84 Å². The smallest absolute Gasteiger partial charge is 0.262 e. The summed E-state index contributed by atoms with van der Waals surface area (Å²) in [4.78, 5) is 13.7. The SMILES string of the molecule is O=C1Nc2cc(S(=O)(=O)Cc3c(Cl)cccc3Cl)ccc2S/C1=C/c1ccc(F)cc1. The number of amides is 1. The van der Waals surface area contributed by atoms with Crippen LogP contribution in [0.15, 0.2) is 75.4 Å². The van der Waals surface area contributed by atoms with Gasteiger partial charge in [-0.2, -0.15) is 0 Å². The van der Waals surface area contributed by atoms with Crippen LogP contribution in [-0.2, 0) is 20.4 Å². The fraction of sp³-hybridized carbons (Fsp3) is 0.0455. The van der Waals surface area contributed by atoms with Crippen molar-refractivity contribution in [2.75, 3.05) is 5.32 Å². The van der Waals surface area contributed by atoms with Crippen LogP contribution in [0.2, 0.25) is 10.0 Å². The van der Waals surface area contributed by atoms with Gasteiger partial charge in [0.1, 0.15) is 5.82 Å². The maximum Gasteiger partial charge on any atom is 0.262 e. The number of carbonyl (C=O) groups is 1. The van der Waals surface area contributed by atoms with Gasteiger partial charge in [0, 0.05) is 20.5 Å². The first-order valence-corrected chi connectivity index (χ1v) is 12.2. The van der Waals surface area contributed by atoms with E-state index in [1.807, 2.05) is 0 Å². The maximum atomic E-state index is 13.1. The fourth-order valence-corrected chi connectivity index (χ4v) is 6.04. The first kappa shape index (κ1) is 21.9. The highest BCUT2D eigenvalue weighted by Gasteiger charge is 2.25. The molecule has 0 bridgehead atoms. The van der Waals surface area contributed by atoms with Crippen LogP contribution in [0.3, 0.4) is 0 Å². The Morgan fingerprint density at radius 2 is 1.68 bits per heavy atom. The van der Waals surface area contributed by atoms with Crippen LogP contribution < -0.4 is 5.32 Å². The van der Waals surface area contributed by atoms with Gasteiger partial charge in [0.2, 0.25) is 0 Å². The third-order valence-corrected chi connectivity index (χ3v) is 8.01. The van der Waals surface area contributed by atoms with E-state index in [9.17, 15) is 17.6 Å². The van der Waals surface area contributed by atoms with Crippen molar-refractivity contribution < 1.29 is 17.6 Å². The molecule has 1 aliphatic rings. The molecule has 1 amide bonds. The number of benzene rings is 3. The summed E-state index contributed by atoms with van der Waals surface area (Å²) in [5.41, 5.74) is 1.40. The molecule has 4 nitrogen and oxygen atoms in total. The lowest BCUT2D eigenvalue weighted by Gasteiger charge is -2.19. The number of rotatable bonds is 4. The van der Waals surface area contributed by atoms with E-state index in [0.29, 0.717) is 26.6 Å².